The van der Waals surface area contributed by atoms with Crippen LogP contribution >= 0.6 is 23.4 Å². The largest absolute Gasteiger partial charge is 0.378 e. The predicted molar refractivity (Wildman–Crippen MR) is 192 cm³/mol. The maximum absolute atomic E-state index is 12.1. The second-order valence-corrected chi connectivity index (χ2v) is 14.0. The summed E-state index contributed by atoms with van der Waals surface area (Å²) in [5, 5.41) is 9.40. The number of thioether (sulfide) groups is 1. The number of aromatic nitrogens is 2. The van der Waals surface area contributed by atoms with Gasteiger partial charge in [0, 0.05) is 104 Å². The molecular formula is C36H44ClN7OS. The fraction of sp³-hybridized carbons (Fsp3) is 0.389. The van der Waals surface area contributed by atoms with E-state index in [1.54, 1.807) is 4.90 Å². The number of aryl methyl sites for hydroxylation is 1. The standard InChI is InChI=1S/C36H44ClN7OS/c1-41(2)30-11-6-27(7-12-30)24-39-23-26-4-8-28(9-5-26)31-22-29(10-13-33(31)37)35-32-25-43(36(38)45)17-14-34(32)44(40-35)16-3-15-42-18-20-46-21-19-42/h4-13,22,39H,3,14-21,23-25H2,1-2H3,(H2,38,45). The predicted octanol–water partition coefficient (Wildman–Crippen LogP) is 6.10. The van der Waals surface area contributed by atoms with E-state index < -0.39 is 0 Å². The fourth-order valence-corrected chi connectivity index (χ4v) is 7.53. The number of carbonyl (C=O) groups is 1. The highest BCUT2D eigenvalue weighted by molar-refractivity contribution is 7.99. The van der Waals surface area contributed by atoms with Gasteiger partial charge in [0.1, 0.15) is 0 Å². The molecule has 2 aliphatic rings. The summed E-state index contributed by atoms with van der Waals surface area (Å²) in [7, 11) is 4.11. The zero-order chi connectivity index (χ0) is 32.0. The first kappa shape index (κ1) is 32.4. The average molecular weight is 658 g/mol. The van der Waals surface area contributed by atoms with Crippen molar-refractivity contribution in [2.45, 2.75) is 39.0 Å². The van der Waals surface area contributed by atoms with Crippen LogP contribution < -0.4 is 16.0 Å². The Labute approximate surface area is 281 Å². The number of rotatable bonds is 11. The molecule has 0 aliphatic carbocycles. The number of anilines is 1. The molecule has 46 heavy (non-hydrogen) atoms. The second kappa shape index (κ2) is 14.9. The molecule has 4 aromatic rings. The van der Waals surface area contributed by atoms with Gasteiger partial charge >= 0.3 is 6.03 Å². The van der Waals surface area contributed by atoms with E-state index in [-0.39, 0.29) is 6.03 Å². The van der Waals surface area contributed by atoms with Crippen LogP contribution in [0.3, 0.4) is 0 Å². The molecule has 0 spiro atoms. The van der Waals surface area contributed by atoms with Crippen molar-refractivity contribution in [1.82, 2.24) is 24.9 Å². The molecule has 3 aromatic carbocycles. The molecule has 3 heterocycles. The van der Waals surface area contributed by atoms with Crippen molar-refractivity contribution in [3.8, 4) is 22.4 Å². The molecule has 0 bridgehead atoms. The van der Waals surface area contributed by atoms with Gasteiger partial charge in [-0.3, -0.25) is 4.68 Å². The Kier molecular flexibility index (Phi) is 10.5. The number of hydrogen-bond acceptors (Lipinski definition) is 6. The molecule has 0 saturated carbocycles. The fourth-order valence-electron chi connectivity index (χ4n) is 6.32. The minimum atomic E-state index is -0.388. The maximum atomic E-state index is 12.1. The van der Waals surface area contributed by atoms with Crippen LogP contribution in [0.1, 0.15) is 28.8 Å². The average Bonchev–Trinajstić information content (AvgIpc) is 3.44. The SMILES string of the molecule is CN(C)c1ccc(CNCc2ccc(-c3cc(-c4nn(CCCN5CCSCC5)c5c4CN(C(N)=O)CC5)ccc3Cl)cc2)cc1. The lowest BCUT2D eigenvalue weighted by molar-refractivity contribution is 0.201. The Bertz CT molecular complexity index is 1630. The van der Waals surface area contributed by atoms with E-state index in [0.717, 1.165) is 80.1 Å². The van der Waals surface area contributed by atoms with Gasteiger partial charge in [-0.25, -0.2) is 4.79 Å². The van der Waals surface area contributed by atoms with Crippen LogP contribution in [0.4, 0.5) is 10.5 Å². The lowest BCUT2D eigenvalue weighted by atomic mass is 9.97. The number of urea groups is 1. The molecule has 6 rings (SSSR count). The molecule has 0 atom stereocenters. The summed E-state index contributed by atoms with van der Waals surface area (Å²) in [5.74, 6) is 2.43. The summed E-state index contributed by atoms with van der Waals surface area (Å²) < 4.78 is 2.17. The number of nitrogens with two attached hydrogens (primary N) is 1. The number of amides is 2. The van der Waals surface area contributed by atoms with E-state index in [2.05, 4.69) is 88.5 Å². The van der Waals surface area contributed by atoms with Gasteiger partial charge in [-0.05, 0) is 53.9 Å². The van der Waals surface area contributed by atoms with Crippen molar-refractivity contribution in [2.75, 3.05) is 56.7 Å². The van der Waals surface area contributed by atoms with Gasteiger partial charge in [-0.1, -0.05) is 54.1 Å². The molecule has 1 saturated heterocycles. The van der Waals surface area contributed by atoms with Gasteiger partial charge in [0.15, 0.2) is 0 Å². The highest BCUT2D eigenvalue weighted by Gasteiger charge is 2.27. The first-order chi connectivity index (χ1) is 22.4. The molecule has 10 heteroatoms. The summed E-state index contributed by atoms with van der Waals surface area (Å²) in [6, 6.07) is 22.9. The third-order valence-electron chi connectivity index (χ3n) is 9.01. The number of fused-ring (bicyclic) bond motifs is 1. The van der Waals surface area contributed by atoms with Crippen LogP contribution in [0.15, 0.2) is 66.7 Å². The summed E-state index contributed by atoms with van der Waals surface area (Å²) >= 11 is 8.82. The summed E-state index contributed by atoms with van der Waals surface area (Å²) in [4.78, 5) is 18.5. The number of halogens is 1. The Morgan fingerprint density at radius 1 is 0.935 bits per heavy atom. The Hall–Kier alpha value is -3.50. The highest BCUT2D eigenvalue weighted by Crippen LogP contribution is 2.36. The lowest BCUT2D eigenvalue weighted by Crippen LogP contribution is -2.39. The molecule has 0 radical (unpaired) electrons. The third kappa shape index (κ3) is 7.72. The van der Waals surface area contributed by atoms with Gasteiger partial charge in [-0.2, -0.15) is 16.9 Å². The molecule has 0 unspecified atom stereocenters. The molecule has 8 nitrogen and oxygen atoms in total. The quantitative estimate of drug-likeness (QED) is 0.203. The smallest absolute Gasteiger partial charge is 0.315 e. The van der Waals surface area contributed by atoms with Crippen molar-refractivity contribution in [3.05, 3.63) is 94.1 Å². The first-order valence-corrected chi connectivity index (χ1v) is 17.7. The van der Waals surface area contributed by atoms with Crippen LogP contribution in [0.2, 0.25) is 5.02 Å². The number of nitrogens with one attached hydrogen (secondary N) is 1. The van der Waals surface area contributed by atoms with E-state index in [9.17, 15) is 4.79 Å². The second-order valence-electron chi connectivity index (χ2n) is 12.4. The highest BCUT2D eigenvalue weighted by atomic mass is 35.5. The van der Waals surface area contributed by atoms with Crippen LogP contribution in [0, 0.1) is 0 Å². The van der Waals surface area contributed by atoms with Crippen molar-refractivity contribution in [2.24, 2.45) is 5.73 Å². The third-order valence-corrected chi connectivity index (χ3v) is 10.3. The van der Waals surface area contributed by atoms with Crippen molar-refractivity contribution in [1.29, 1.82) is 0 Å². The Morgan fingerprint density at radius 3 is 2.28 bits per heavy atom. The summed E-state index contributed by atoms with van der Waals surface area (Å²) in [6.45, 7) is 6.95. The molecule has 242 valence electrons. The van der Waals surface area contributed by atoms with E-state index in [0.29, 0.717) is 18.1 Å². The molecule has 1 fully saturated rings. The Balaban J connectivity index is 1.17. The van der Waals surface area contributed by atoms with E-state index >= 15 is 0 Å². The minimum absolute atomic E-state index is 0.388. The van der Waals surface area contributed by atoms with Crippen LogP contribution in [-0.4, -0.2) is 77.4 Å². The zero-order valence-electron chi connectivity index (χ0n) is 26.8. The van der Waals surface area contributed by atoms with Gasteiger partial charge in [0.05, 0.1) is 12.2 Å². The number of nitrogens with zero attached hydrogens (tertiary/aromatic N) is 5. The van der Waals surface area contributed by atoms with Crippen LogP contribution in [0.5, 0.6) is 0 Å². The summed E-state index contributed by atoms with van der Waals surface area (Å²) in [6.07, 6.45) is 1.80. The number of primary amides is 1. The van der Waals surface area contributed by atoms with Crippen molar-refractivity contribution < 1.29 is 4.79 Å². The van der Waals surface area contributed by atoms with Crippen molar-refractivity contribution >= 4 is 35.1 Å². The zero-order valence-corrected chi connectivity index (χ0v) is 28.4. The topological polar surface area (TPSA) is 82.7 Å². The van der Waals surface area contributed by atoms with Gasteiger partial charge < -0.3 is 25.8 Å². The molecule has 3 N–H and O–H groups in total. The molecule has 1 aromatic heterocycles. The minimum Gasteiger partial charge on any atom is -0.378 e. The molecule has 2 aliphatic heterocycles. The summed E-state index contributed by atoms with van der Waals surface area (Å²) in [5.41, 5.74) is 15.6. The van der Waals surface area contributed by atoms with Crippen molar-refractivity contribution in [3.63, 3.8) is 0 Å². The van der Waals surface area contributed by atoms with E-state index in [4.69, 9.17) is 22.4 Å². The van der Waals surface area contributed by atoms with Gasteiger partial charge in [-0.15, -0.1) is 0 Å². The van der Waals surface area contributed by atoms with E-state index in [1.807, 2.05) is 23.9 Å². The normalized spacial score (nSPS) is 15.2. The number of carbonyl (C=O) groups excluding carboxylic acids is 1. The molecular weight excluding hydrogens is 614 g/mol. The van der Waals surface area contributed by atoms with Gasteiger partial charge in [0.25, 0.3) is 0 Å². The Morgan fingerprint density at radius 2 is 1.61 bits per heavy atom. The van der Waals surface area contributed by atoms with Crippen LogP contribution in [0.25, 0.3) is 22.4 Å². The lowest BCUT2D eigenvalue weighted by Gasteiger charge is -2.27. The maximum Gasteiger partial charge on any atom is 0.315 e. The molecule has 2 amide bonds. The number of benzene rings is 3. The number of hydrogen-bond donors (Lipinski definition) is 2. The monoisotopic (exact) mass is 657 g/mol. The first-order valence-electron chi connectivity index (χ1n) is 16.1. The van der Waals surface area contributed by atoms with Gasteiger partial charge in [0.2, 0.25) is 0 Å². The van der Waals surface area contributed by atoms with Crippen LogP contribution in [-0.2, 0) is 32.6 Å². The van der Waals surface area contributed by atoms with E-state index in [1.165, 1.54) is 34.0 Å².